The molecular formula is C8H7ClI2OS. The Bertz CT molecular complexity index is 283. The average molecular weight is 440 g/mol. The van der Waals surface area contributed by atoms with E-state index in [2.05, 4.69) is 57.8 Å². The van der Waals surface area contributed by atoms with Crippen LogP contribution >= 0.6 is 69.4 Å². The largest absolute Gasteiger partial charge is 0.491 e. The lowest BCUT2D eigenvalue weighted by Crippen LogP contribution is -2.01. The molecule has 0 spiro atoms. The summed E-state index contributed by atoms with van der Waals surface area (Å²) in [6.07, 6.45) is 0. The van der Waals surface area contributed by atoms with E-state index in [9.17, 15) is 0 Å². The van der Waals surface area contributed by atoms with E-state index in [1.54, 1.807) is 0 Å². The van der Waals surface area contributed by atoms with Crippen LogP contribution in [0.2, 0.25) is 5.02 Å². The van der Waals surface area contributed by atoms with Crippen molar-refractivity contribution < 1.29 is 4.74 Å². The molecule has 0 N–H and O–H groups in total. The van der Waals surface area contributed by atoms with E-state index in [1.165, 1.54) is 0 Å². The van der Waals surface area contributed by atoms with Crippen molar-refractivity contribution >= 4 is 69.4 Å². The van der Waals surface area contributed by atoms with Gasteiger partial charge in [0.15, 0.2) is 0 Å². The van der Waals surface area contributed by atoms with Gasteiger partial charge in [0.1, 0.15) is 5.75 Å². The smallest absolute Gasteiger partial charge is 0.146 e. The number of ether oxygens (including phenoxy) is 1. The van der Waals surface area contributed by atoms with Crippen molar-refractivity contribution in [2.45, 2.75) is 0 Å². The number of hydrogen-bond acceptors (Lipinski definition) is 2. The summed E-state index contributed by atoms with van der Waals surface area (Å²) in [5, 5.41) is 0.743. The van der Waals surface area contributed by atoms with Crippen LogP contribution in [-0.4, -0.2) is 12.4 Å². The first kappa shape index (κ1) is 12.2. The summed E-state index contributed by atoms with van der Waals surface area (Å²) < 4.78 is 7.60. The van der Waals surface area contributed by atoms with Crippen LogP contribution in [0.25, 0.3) is 0 Å². The first-order chi connectivity index (χ1) is 6.15. The van der Waals surface area contributed by atoms with Gasteiger partial charge in [0.05, 0.1) is 13.7 Å². The highest BCUT2D eigenvalue weighted by molar-refractivity contribution is 14.1. The van der Waals surface area contributed by atoms with E-state index >= 15 is 0 Å². The van der Waals surface area contributed by atoms with E-state index in [0.29, 0.717) is 6.61 Å². The van der Waals surface area contributed by atoms with Crippen LogP contribution in [0.1, 0.15) is 0 Å². The third-order valence-electron chi connectivity index (χ3n) is 1.30. The molecule has 0 aliphatic heterocycles. The van der Waals surface area contributed by atoms with Gasteiger partial charge in [-0.25, -0.2) is 0 Å². The van der Waals surface area contributed by atoms with E-state index < -0.39 is 0 Å². The van der Waals surface area contributed by atoms with Gasteiger partial charge in [-0.2, -0.15) is 12.6 Å². The van der Waals surface area contributed by atoms with Gasteiger partial charge in [0.25, 0.3) is 0 Å². The number of hydrogen-bond donors (Lipinski definition) is 1. The van der Waals surface area contributed by atoms with Crippen molar-refractivity contribution in [1.82, 2.24) is 0 Å². The highest BCUT2D eigenvalue weighted by Gasteiger charge is 2.07. The maximum Gasteiger partial charge on any atom is 0.146 e. The van der Waals surface area contributed by atoms with Crippen molar-refractivity contribution in [2.24, 2.45) is 0 Å². The van der Waals surface area contributed by atoms with Gasteiger partial charge in [-0.1, -0.05) is 11.6 Å². The van der Waals surface area contributed by atoms with Gasteiger partial charge in [0, 0.05) is 10.8 Å². The fraction of sp³-hybridized carbons (Fsp3) is 0.250. The zero-order valence-corrected chi connectivity index (χ0v) is 12.5. The van der Waals surface area contributed by atoms with E-state index in [-0.39, 0.29) is 0 Å². The summed E-state index contributed by atoms with van der Waals surface area (Å²) in [6, 6.07) is 3.77. The van der Waals surface area contributed by atoms with Crippen LogP contribution in [0.3, 0.4) is 0 Å². The van der Waals surface area contributed by atoms with Gasteiger partial charge >= 0.3 is 0 Å². The Labute approximate surface area is 115 Å². The van der Waals surface area contributed by atoms with Crippen molar-refractivity contribution in [1.29, 1.82) is 0 Å². The van der Waals surface area contributed by atoms with Crippen LogP contribution in [0.4, 0.5) is 0 Å². The molecular weight excluding hydrogens is 433 g/mol. The third-order valence-corrected chi connectivity index (χ3v) is 3.30. The lowest BCUT2D eigenvalue weighted by atomic mass is 10.3. The second-order valence-corrected chi connectivity index (χ2v) is 5.48. The summed E-state index contributed by atoms with van der Waals surface area (Å²) in [5.41, 5.74) is 0. The third kappa shape index (κ3) is 3.64. The Balaban J connectivity index is 2.92. The molecule has 0 aliphatic rings. The lowest BCUT2D eigenvalue weighted by Gasteiger charge is -2.09. The van der Waals surface area contributed by atoms with Crippen LogP contribution < -0.4 is 4.74 Å². The summed E-state index contributed by atoms with van der Waals surface area (Å²) in [5.74, 6) is 1.62. The number of halogens is 3. The summed E-state index contributed by atoms with van der Waals surface area (Å²) in [7, 11) is 0. The molecule has 0 amide bonds. The van der Waals surface area contributed by atoms with Crippen LogP contribution in [0.15, 0.2) is 12.1 Å². The molecule has 1 aromatic rings. The molecule has 0 saturated heterocycles. The molecule has 13 heavy (non-hydrogen) atoms. The molecule has 0 heterocycles. The maximum absolute atomic E-state index is 5.88. The molecule has 0 fully saturated rings. The second kappa shape index (κ2) is 5.87. The van der Waals surface area contributed by atoms with Crippen molar-refractivity contribution in [3.05, 3.63) is 24.3 Å². The van der Waals surface area contributed by atoms with Crippen LogP contribution in [-0.2, 0) is 0 Å². The van der Waals surface area contributed by atoms with Gasteiger partial charge in [-0.3, -0.25) is 0 Å². The fourth-order valence-electron chi connectivity index (χ4n) is 0.815. The second-order valence-electron chi connectivity index (χ2n) is 2.27. The minimum atomic E-state index is 0.622. The normalized spacial score (nSPS) is 10.2. The van der Waals surface area contributed by atoms with Gasteiger partial charge < -0.3 is 4.74 Å². The molecule has 0 bridgehead atoms. The van der Waals surface area contributed by atoms with Gasteiger partial charge in [-0.15, -0.1) is 0 Å². The molecule has 1 nitrogen and oxygen atoms in total. The van der Waals surface area contributed by atoms with E-state index in [1.807, 2.05) is 12.1 Å². The average Bonchev–Trinajstić information content (AvgIpc) is 2.02. The minimum Gasteiger partial charge on any atom is -0.491 e. The van der Waals surface area contributed by atoms with Crippen molar-refractivity contribution in [3.8, 4) is 5.75 Å². The first-order valence-electron chi connectivity index (χ1n) is 3.53. The molecule has 5 heteroatoms. The predicted octanol–water partition coefficient (Wildman–Crippen LogP) is 3.86. The minimum absolute atomic E-state index is 0.622. The number of benzene rings is 1. The van der Waals surface area contributed by atoms with Crippen molar-refractivity contribution in [3.63, 3.8) is 0 Å². The number of rotatable bonds is 3. The molecule has 0 aromatic heterocycles. The zero-order chi connectivity index (χ0) is 9.84. The number of thiol groups is 1. The predicted molar refractivity (Wildman–Crippen MR) is 76.2 cm³/mol. The molecule has 0 saturated carbocycles. The van der Waals surface area contributed by atoms with E-state index in [4.69, 9.17) is 16.3 Å². The Morgan fingerprint density at radius 3 is 2.31 bits per heavy atom. The Hall–Kier alpha value is 1.12. The molecule has 0 unspecified atom stereocenters. The quantitative estimate of drug-likeness (QED) is 0.555. The topological polar surface area (TPSA) is 9.23 Å². The highest BCUT2D eigenvalue weighted by atomic mass is 127. The summed E-state index contributed by atoms with van der Waals surface area (Å²) in [4.78, 5) is 0. The summed E-state index contributed by atoms with van der Waals surface area (Å²) >= 11 is 14.4. The Morgan fingerprint density at radius 2 is 1.85 bits per heavy atom. The van der Waals surface area contributed by atoms with E-state index in [0.717, 1.165) is 23.7 Å². The summed E-state index contributed by atoms with van der Waals surface area (Å²) in [6.45, 7) is 0.622. The Morgan fingerprint density at radius 1 is 1.31 bits per heavy atom. The molecule has 72 valence electrons. The highest BCUT2D eigenvalue weighted by Crippen LogP contribution is 2.30. The SMILES string of the molecule is SCCOc1c(I)cc(Cl)cc1I. The molecule has 0 radical (unpaired) electrons. The maximum atomic E-state index is 5.88. The fourth-order valence-corrected chi connectivity index (χ4v) is 3.57. The van der Waals surface area contributed by atoms with Crippen molar-refractivity contribution in [2.75, 3.05) is 12.4 Å². The molecule has 0 aliphatic carbocycles. The molecule has 1 rings (SSSR count). The Kier molecular flexibility index (Phi) is 5.50. The van der Waals surface area contributed by atoms with Crippen LogP contribution in [0, 0.1) is 7.14 Å². The van der Waals surface area contributed by atoms with Gasteiger partial charge in [-0.05, 0) is 57.3 Å². The molecule has 0 atom stereocenters. The standard InChI is InChI=1S/C8H7ClI2OS/c9-5-3-6(10)8(7(11)4-5)12-1-2-13/h3-4,13H,1-2H2. The van der Waals surface area contributed by atoms with Crippen LogP contribution in [0.5, 0.6) is 5.75 Å². The van der Waals surface area contributed by atoms with Gasteiger partial charge in [0.2, 0.25) is 0 Å². The zero-order valence-electron chi connectivity index (χ0n) is 6.56. The first-order valence-corrected chi connectivity index (χ1v) is 6.70. The lowest BCUT2D eigenvalue weighted by molar-refractivity contribution is 0.339. The molecule has 1 aromatic carbocycles. The monoisotopic (exact) mass is 440 g/mol.